The minimum absolute atomic E-state index is 0.00470. The Balaban J connectivity index is 1.43. The highest BCUT2D eigenvalue weighted by molar-refractivity contribution is 5.96. The number of aromatic nitrogens is 1. The average Bonchev–Trinajstić information content (AvgIpc) is 2.87. The molecule has 3 fully saturated rings. The van der Waals surface area contributed by atoms with Crippen molar-refractivity contribution in [1.29, 1.82) is 0 Å². The quantitative estimate of drug-likeness (QED) is 0.379. The molecule has 4 unspecified atom stereocenters. The van der Waals surface area contributed by atoms with E-state index >= 15 is 4.39 Å². The second-order valence-corrected chi connectivity index (χ2v) is 10.3. The molecule has 0 aromatic carbocycles. The number of methoxy groups -OCH3 is 1. The number of alkyl halides is 1. The van der Waals surface area contributed by atoms with Crippen LogP contribution in [0.4, 0.5) is 20.2 Å². The van der Waals surface area contributed by atoms with Gasteiger partial charge in [0.1, 0.15) is 17.8 Å². The third-order valence-electron chi connectivity index (χ3n) is 7.60. The van der Waals surface area contributed by atoms with Gasteiger partial charge in [0.05, 0.1) is 30.9 Å². The molecule has 0 aliphatic carbocycles. The molecule has 14 heteroatoms. The van der Waals surface area contributed by atoms with Gasteiger partial charge in [-0.15, -0.1) is 4.91 Å². The van der Waals surface area contributed by atoms with Crippen LogP contribution >= 0.6 is 0 Å². The molecule has 4 heterocycles. The number of pyridine rings is 1. The van der Waals surface area contributed by atoms with Gasteiger partial charge in [0.15, 0.2) is 12.0 Å². The lowest BCUT2D eigenvalue weighted by molar-refractivity contribution is -0.144. The SMILES string of the molecule is COCC1CN(C(=O)C2CCN(c3c(F)cncc3NC(=O)C(C(N)N=O)C3NCC(F)CN3C)CC2)C1. The Labute approximate surface area is 220 Å². The molecule has 4 N–H and O–H groups in total. The molecular formula is C24H36F2N8O4. The first kappa shape index (κ1) is 28.2. The first-order valence-corrected chi connectivity index (χ1v) is 12.9. The van der Waals surface area contributed by atoms with Crippen molar-refractivity contribution in [3.63, 3.8) is 0 Å². The summed E-state index contributed by atoms with van der Waals surface area (Å²) in [4.78, 5) is 46.6. The van der Waals surface area contributed by atoms with Crippen molar-refractivity contribution in [3.8, 4) is 0 Å². The van der Waals surface area contributed by atoms with E-state index < -0.39 is 36.1 Å². The standard InChI is InChI=1S/C24H36F2N8O4/c1-32-12-16(25)7-29-22(32)19(21(27)31-37)23(35)30-18-9-28-8-17(26)20(18)33-5-3-15(4-6-33)24(36)34-10-14(11-34)13-38-2/h8-9,14-16,19,21-22,29H,3-7,10-13,27H2,1-2H3,(H,30,35). The molecule has 38 heavy (non-hydrogen) atoms. The number of nitrogens with two attached hydrogens (primary N) is 1. The van der Waals surface area contributed by atoms with Gasteiger partial charge in [-0.05, 0) is 19.9 Å². The van der Waals surface area contributed by atoms with E-state index in [9.17, 15) is 18.9 Å². The number of piperidine rings is 1. The zero-order chi connectivity index (χ0) is 27.4. The Kier molecular flexibility index (Phi) is 9.18. The summed E-state index contributed by atoms with van der Waals surface area (Å²) in [5.74, 6) is -2.12. The Bertz CT molecular complexity index is 1010. The van der Waals surface area contributed by atoms with Gasteiger partial charge in [-0.3, -0.25) is 24.8 Å². The van der Waals surface area contributed by atoms with E-state index in [2.05, 4.69) is 20.8 Å². The van der Waals surface area contributed by atoms with Crippen molar-refractivity contribution in [2.24, 2.45) is 28.7 Å². The summed E-state index contributed by atoms with van der Waals surface area (Å²) in [6.45, 7) is 2.90. The molecule has 0 bridgehead atoms. The molecule has 1 aromatic heterocycles. The topological polar surface area (TPSA) is 145 Å². The molecule has 3 aliphatic rings. The van der Waals surface area contributed by atoms with Crippen LogP contribution in [0.2, 0.25) is 0 Å². The van der Waals surface area contributed by atoms with E-state index in [1.165, 1.54) is 6.20 Å². The van der Waals surface area contributed by atoms with Gasteiger partial charge < -0.3 is 25.6 Å². The molecule has 1 aromatic rings. The van der Waals surface area contributed by atoms with Gasteiger partial charge in [-0.25, -0.2) is 8.78 Å². The zero-order valence-corrected chi connectivity index (χ0v) is 21.7. The van der Waals surface area contributed by atoms with Crippen LogP contribution in [0.1, 0.15) is 12.8 Å². The molecule has 0 radical (unpaired) electrons. The number of ether oxygens (including phenoxy) is 1. The van der Waals surface area contributed by atoms with Gasteiger partial charge in [-0.1, -0.05) is 5.18 Å². The normalized spacial score (nSPS) is 25.0. The molecule has 2 amide bonds. The summed E-state index contributed by atoms with van der Waals surface area (Å²) < 4.78 is 34.0. The van der Waals surface area contributed by atoms with E-state index in [1.54, 1.807) is 24.0 Å². The van der Waals surface area contributed by atoms with Crippen LogP contribution in [-0.4, -0.2) is 105 Å². The fourth-order valence-electron chi connectivity index (χ4n) is 5.60. The Morgan fingerprint density at radius 2 is 2.00 bits per heavy atom. The minimum Gasteiger partial charge on any atom is -0.384 e. The maximum Gasteiger partial charge on any atom is 0.234 e. The van der Waals surface area contributed by atoms with Crippen molar-refractivity contribution in [2.45, 2.75) is 31.3 Å². The van der Waals surface area contributed by atoms with Crippen LogP contribution in [0.5, 0.6) is 0 Å². The van der Waals surface area contributed by atoms with Crippen LogP contribution in [-0.2, 0) is 14.3 Å². The number of amides is 2. The number of anilines is 2. The average molecular weight is 539 g/mol. The fraction of sp³-hybridized carbons (Fsp3) is 0.708. The van der Waals surface area contributed by atoms with Gasteiger partial charge in [0.25, 0.3) is 0 Å². The monoisotopic (exact) mass is 538 g/mol. The van der Waals surface area contributed by atoms with E-state index in [4.69, 9.17) is 10.5 Å². The number of nitroso groups, excluding NO2 is 1. The van der Waals surface area contributed by atoms with E-state index in [-0.39, 0.29) is 36.3 Å². The van der Waals surface area contributed by atoms with Crippen molar-refractivity contribution in [1.82, 2.24) is 20.1 Å². The number of halogens is 2. The van der Waals surface area contributed by atoms with Gasteiger partial charge >= 0.3 is 0 Å². The number of hydrogen-bond acceptors (Lipinski definition) is 10. The van der Waals surface area contributed by atoms with Crippen LogP contribution < -0.4 is 21.3 Å². The summed E-state index contributed by atoms with van der Waals surface area (Å²) in [7, 11) is 3.26. The Morgan fingerprint density at radius 1 is 1.29 bits per heavy atom. The number of rotatable bonds is 9. The number of nitrogens with zero attached hydrogens (tertiary/aromatic N) is 5. The maximum atomic E-state index is 15.0. The summed E-state index contributed by atoms with van der Waals surface area (Å²) in [6, 6.07) is 0. The number of hydrogen-bond donors (Lipinski definition) is 3. The largest absolute Gasteiger partial charge is 0.384 e. The molecular weight excluding hydrogens is 502 g/mol. The van der Waals surface area contributed by atoms with E-state index in [0.29, 0.717) is 51.5 Å². The second kappa shape index (κ2) is 12.4. The van der Waals surface area contributed by atoms with Crippen LogP contribution in [0.15, 0.2) is 17.6 Å². The predicted molar refractivity (Wildman–Crippen MR) is 136 cm³/mol. The highest BCUT2D eigenvalue weighted by Crippen LogP contribution is 2.34. The third-order valence-corrected chi connectivity index (χ3v) is 7.60. The van der Waals surface area contributed by atoms with Crippen molar-refractivity contribution >= 4 is 23.2 Å². The third kappa shape index (κ3) is 6.08. The second-order valence-electron chi connectivity index (χ2n) is 10.3. The van der Waals surface area contributed by atoms with Gasteiger partial charge in [0.2, 0.25) is 11.8 Å². The summed E-state index contributed by atoms with van der Waals surface area (Å²) in [5, 5.41) is 8.41. The first-order valence-electron chi connectivity index (χ1n) is 12.9. The summed E-state index contributed by atoms with van der Waals surface area (Å²) >= 11 is 0. The Hall–Kier alpha value is -2.81. The molecule has 3 saturated heterocycles. The predicted octanol–water partition coefficient (Wildman–Crippen LogP) is 0.347. The first-order chi connectivity index (χ1) is 18.2. The highest BCUT2D eigenvalue weighted by atomic mass is 19.1. The molecule has 0 spiro atoms. The van der Waals surface area contributed by atoms with Crippen molar-refractivity contribution in [2.75, 3.05) is 70.2 Å². The van der Waals surface area contributed by atoms with E-state index in [1.807, 2.05) is 4.90 Å². The molecule has 210 valence electrons. The number of nitrogens with one attached hydrogen (secondary N) is 2. The number of likely N-dealkylation sites (tertiary alicyclic amines) is 1. The van der Waals surface area contributed by atoms with Gasteiger partial charge in [-0.2, -0.15) is 0 Å². The lowest BCUT2D eigenvalue weighted by Crippen LogP contribution is -2.62. The fourth-order valence-corrected chi connectivity index (χ4v) is 5.60. The number of carbonyl (C=O) groups is 2. The summed E-state index contributed by atoms with van der Waals surface area (Å²) in [5.41, 5.74) is 6.15. The summed E-state index contributed by atoms with van der Waals surface area (Å²) in [6.07, 6.45) is 0.186. The molecule has 4 rings (SSSR count). The maximum absolute atomic E-state index is 15.0. The van der Waals surface area contributed by atoms with Crippen LogP contribution in [0.25, 0.3) is 0 Å². The van der Waals surface area contributed by atoms with Gasteiger partial charge in [0, 0.05) is 58.2 Å². The van der Waals surface area contributed by atoms with E-state index in [0.717, 1.165) is 6.20 Å². The smallest absolute Gasteiger partial charge is 0.234 e. The lowest BCUT2D eigenvalue weighted by atomic mass is 9.91. The highest BCUT2D eigenvalue weighted by Gasteiger charge is 2.41. The van der Waals surface area contributed by atoms with Crippen molar-refractivity contribution < 1.29 is 23.1 Å². The molecule has 3 aliphatic heterocycles. The zero-order valence-electron chi connectivity index (χ0n) is 21.7. The van der Waals surface area contributed by atoms with Crippen LogP contribution in [0.3, 0.4) is 0 Å². The molecule has 12 nitrogen and oxygen atoms in total. The molecule has 0 saturated carbocycles. The minimum atomic E-state index is -1.41. The molecule has 4 atom stereocenters. The number of carbonyl (C=O) groups excluding carboxylic acids is 2. The lowest BCUT2D eigenvalue weighted by Gasteiger charge is -2.42. The van der Waals surface area contributed by atoms with Crippen LogP contribution in [0, 0.1) is 28.5 Å². The van der Waals surface area contributed by atoms with Crippen molar-refractivity contribution in [3.05, 3.63) is 23.1 Å². The Morgan fingerprint density at radius 3 is 2.63 bits per heavy atom.